The van der Waals surface area contributed by atoms with Gasteiger partial charge < -0.3 is 0 Å². The average Bonchev–Trinajstić information content (AvgIpc) is 1.83. The molecule has 2 nitrogen and oxygen atoms in total. The normalized spacial score (nSPS) is 25.1. The van der Waals surface area contributed by atoms with Gasteiger partial charge in [-0.1, -0.05) is 13.8 Å². The molecule has 0 N–H and O–H groups in total. The van der Waals surface area contributed by atoms with Crippen molar-refractivity contribution in [1.29, 1.82) is 0 Å². The maximum atomic E-state index is 11.4. The lowest BCUT2D eigenvalue weighted by Gasteiger charge is -2.32. The summed E-state index contributed by atoms with van der Waals surface area (Å²) in [6.45, 7) is 4.95. The van der Waals surface area contributed by atoms with Crippen molar-refractivity contribution < 1.29 is 4.79 Å². The molecule has 1 rings (SSSR count). The Morgan fingerprint density at radius 3 is 2.60 bits per heavy atom. The number of carbonyl (C=O) groups excluding carboxylic acids is 1. The molecule has 0 saturated carbocycles. The van der Waals surface area contributed by atoms with Gasteiger partial charge in [0, 0.05) is 12.0 Å². The van der Waals surface area contributed by atoms with Crippen LogP contribution in [-0.2, 0) is 4.79 Å². The number of hydrogen-bond donors (Lipinski definition) is 0. The third kappa shape index (κ3) is 1.44. The van der Waals surface area contributed by atoms with Gasteiger partial charge in [0.25, 0.3) is 0 Å². The van der Waals surface area contributed by atoms with E-state index >= 15 is 0 Å². The molecule has 0 radical (unpaired) electrons. The van der Waals surface area contributed by atoms with Crippen LogP contribution in [0.5, 0.6) is 0 Å². The SMILES string of the molecule is CC1(C)CCCN(I)C1=O. The molecule has 0 spiro atoms. The van der Waals surface area contributed by atoms with Crippen molar-refractivity contribution >= 4 is 28.8 Å². The van der Waals surface area contributed by atoms with Crippen molar-refractivity contribution in [3.63, 3.8) is 0 Å². The maximum absolute atomic E-state index is 11.4. The van der Waals surface area contributed by atoms with Crippen molar-refractivity contribution in [3.05, 3.63) is 0 Å². The molecular formula is C7H12INO. The van der Waals surface area contributed by atoms with Gasteiger partial charge >= 0.3 is 0 Å². The largest absolute Gasteiger partial charge is 0.285 e. The molecule has 10 heavy (non-hydrogen) atoms. The molecule has 1 aliphatic rings. The number of carbonyl (C=O) groups is 1. The molecule has 1 amide bonds. The minimum Gasteiger partial charge on any atom is -0.285 e. The highest BCUT2D eigenvalue weighted by molar-refractivity contribution is 14.1. The van der Waals surface area contributed by atoms with E-state index in [4.69, 9.17) is 0 Å². The van der Waals surface area contributed by atoms with Crippen LogP contribution in [0.3, 0.4) is 0 Å². The zero-order valence-electron chi connectivity index (χ0n) is 6.35. The smallest absolute Gasteiger partial charge is 0.236 e. The topological polar surface area (TPSA) is 20.3 Å². The molecule has 0 unspecified atom stereocenters. The zero-order valence-corrected chi connectivity index (χ0v) is 8.51. The van der Waals surface area contributed by atoms with Gasteiger partial charge in [0.05, 0.1) is 22.9 Å². The summed E-state index contributed by atoms with van der Waals surface area (Å²) in [5.74, 6) is 0.277. The summed E-state index contributed by atoms with van der Waals surface area (Å²) in [4.78, 5) is 11.4. The fourth-order valence-electron chi connectivity index (χ4n) is 1.20. The Morgan fingerprint density at radius 2 is 2.20 bits per heavy atom. The van der Waals surface area contributed by atoms with Crippen LogP contribution < -0.4 is 0 Å². The van der Waals surface area contributed by atoms with Gasteiger partial charge in [0.15, 0.2) is 0 Å². The molecule has 0 aromatic carbocycles. The predicted octanol–water partition coefficient (Wildman–Crippen LogP) is 1.99. The Hall–Kier alpha value is 0.200. The Morgan fingerprint density at radius 1 is 1.60 bits per heavy atom. The third-order valence-corrected chi connectivity index (χ3v) is 2.88. The van der Waals surface area contributed by atoms with E-state index in [2.05, 4.69) is 22.9 Å². The molecule has 1 heterocycles. The fraction of sp³-hybridized carbons (Fsp3) is 0.857. The number of amides is 1. The number of piperidine rings is 1. The maximum Gasteiger partial charge on any atom is 0.236 e. The van der Waals surface area contributed by atoms with Crippen molar-refractivity contribution in [2.24, 2.45) is 5.41 Å². The summed E-state index contributed by atoms with van der Waals surface area (Å²) in [6.07, 6.45) is 2.17. The lowest BCUT2D eigenvalue weighted by molar-refractivity contribution is -0.136. The summed E-state index contributed by atoms with van der Waals surface area (Å²) in [7, 11) is 0. The molecule has 1 aliphatic heterocycles. The lowest BCUT2D eigenvalue weighted by Crippen LogP contribution is -2.40. The average molecular weight is 253 g/mol. The van der Waals surface area contributed by atoms with E-state index in [1.807, 2.05) is 13.8 Å². The van der Waals surface area contributed by atoms with E-state index in [1.165, 1.54) is 0 Å². The lowest BCUT2D eigenvalue weighted by atomic mass is 9.84. The Labute approximate surface area is 75.5 Å². The summed E-state index contributed by atoms with van der Waals surface area (Å²) in [6, 6.07) is 0. The van der Waals surface area contributed by atoms with Crippen LogP contribution in [0.25, 0.3) is 0 Å². The second-order valence-corrected chi connectivity index (χ2v) is 4.54. The van der Waals surface area contributed by atoms with Crippen molar-refractivity contribution in [1.82, 2.24) is 3.11 Å². The predicted molar refractivity (Wildman–Crippen MR) is 48.7 cm³/mol. The zero-order chi connectivity index (χ0) is 7.78. The van der Waals surface area contributed by atoms with Crippen LogP contribution >= 0.6 is 22.9 Å². The van der Waals surface area contributed by atoms with Gasteiger partial charge in [-0.25, -0.2) is 0 Å². The van der Waals surface area contributed by atoms with Crippen LogP contribution in [0.15, 0.2) is 0 Å². The number of hydrogen-bond acceptors (Lipinski definition) is 1. The van der Waals surface area contributed by atoms with Crippen LogP contribution in [0, 0.1) is 5.41 Å². The monoisotopic (exact) mass is 253 g/mol. The quantitative estimate of drug-likeness (QED) is 0.477. The first kappa shape index (κ1) is 8.30. The molecular weight excluding hydrogens is 241 g/mol. The van der Waals surface area contributed by atoms with Gasteiger partial charge in [-0.15, -0.1) is 0 Å². The summed E-state index contributed by atoms with van der Waals surface area (Å²) in [5.41, 5.74) is -0.112. The van der Waals surface area contributed by atoms with E-state index in [1.54, 1.807) is 3.11 Å². The third-order valence-electron chi connectivity index (χ3n) is 1.96. The Balaban J connectivity index is 2.70. The van der Waals surface area contributed by atoms with Gasteiger partial charge in [0.2, 0.25) is 5.91 Å². The van der Waals surface area contributed by atoms with Gasteiger partial charge in [-0.3, -0.25) is 7.91 Å². The van der Waals surface area contributed by atoms with Crippen LogP contribution in [0.1, 0.15) is 26.7 Å². The van der Waals surface area contributed by atoms with Crippen molar-refractivity contribution in [2.75, 3.05) is 6.54 Å². The van der Waals surface area contributed by atoms with Crippen molar-refractivity contribution in [2.45, 2.75) is 26.7 Å². The molecule has 1 fully saturated rings. The standard InChI is InChI=1S/C7H12INO/c1-7(2)4-3-5-9(8)6(7)10/h3-5H2,1-2H3. The Bertz CT molecular complexity index is 156. The molecule has 0 bridgehead atoms. The van der Waals surface area contributed by atoms with Crippen LogP contribution in [-0.4, -0.2) is 15.6 Å². The van der Waals surface area contributed by atoms with E-state index in [9.17, 15) is 4.79 Å². The summed E-state index contributed by atoms with van der Waals surface area (Å²) < 4.78 is 1.79. The highest BCUT2D eigenvalue weighted by Gasteiger charge is 2.34. The molecule has 0 aliphatic carbocycles. The number of halogens is 1. The van der Waals surface area contributed by atoms with Gasteiger partial charge in [0.1, 0.15) is 0 Å². The second-order valence-electron chi connectivity index (χ2n) is 3.38. The van der Waals surface area contributed by atoms with Crippen molar-refractivity contribution in [3.8, 4) is 0 Å². The highest BCUT2D eigenvalue weighted by atomic mass is 127. The molecule has 3 heteroatoms. The fourth-order valence-corrected chi connectivity index (χ4v) is 2.19. The van der Waals surface area contributed by atoms with E-state index in [0.29, 0.717) is 0 Å². The highest BCUT2D eigenvalue weighted by Crippen LogP contribution is 2.31. The first-order valence-corrected chi connectivity index (χ1v) is 4.48. The summed E-state index contributed by atoms with van der Waals surface area (Å²) in [5, 5.41) is 0. The van der Waals surface area contributed by atoms with Crippen LogP contribution in [0.4, 0.5) is 0 Å². The molecule has 0 aromatic heterocycles. The number of nitrogens with zero attached hydrogens (tertiary/aromatic N) is 1. The van der Waals surface area contributed by atoms with E-state index < -0.39 is 0 Å². The van der Waals surface area contributed by atoms with Gasteiger partial charge in [-0.05, 0) is 12.8 Å². The minimum absolute atomic E-state index is 0.112. The molecule has 1 saturated heterocycles. The van der Waals surface area contributed by atoms with E-state index in [0.717, 1.165) is 19.4 Å². The first-order chi connectivity index (χ1) is 4.54. The molecule has 58 valence electrons. The molecule has 0 atom stereocenters. The first-order valence-electron chi connectivity index (χ1n) is 3.52. The molecule has 0 aromatic rings. The van der Waals surface area contributed by atoms with E-state index in [-0.39, 0.29) is 11.3 Å². The second kappa shape index (κ2) is 2.68. The minimum atomic E-state index is -0.112. The number of rotatable bonds is 0. The Kier molecular flexibility index (Phi) is 2.22. The van der Waals surface area contributed by atoms with Gasteiger partial charge in [-0.2, -0.15) is 0 Å². The van der Waals surface area contributed by atoms with Crippen LogP contribution in [0.2, 0.25) is 0 Å². The summed E-state index contributed by atoms with van der Waals surface area (Å²) >= 11 is 2.09.